The lowest BCUT2D eigenvalue weighted by molar-refractivity contribution is 0.349. The first kappa shape index (κ1) is 22.3. The van der Waals surface area contributed by atoms with E-state index >= 15 is 0 Å². The molecule has 0 radical (unpaired) electrons. The molecule has 1 rings (SSSR count). The maximum Gasteiger partial charge on any atom is -0.0102 e. The van der Waals surface area contributed by atoms with E-state index in [-0.39, 0.29) is 0 Å². The van der Waals surface area contributed by atoms with Gasteiger partial charge in [0.25, 0.3) is 0 Å². The fourth-order valence-corrected chi connectivity index (χ4v) is 5.18. The second-order valence-corrected chi connectivity index (χ2v) is 10.1. The van der Waals surface area contributed by atoms with Crippen molar-refractivity contribution in [3.05, 3.63) is 34.4 Å². The zero-order chi connectivity index (χ0) is 19.3. The summed E-state index contributed by atoms with van der Waals surface area (Å²) in [6.07, 6.45) is 13.7. The Kier molecular flexibility index (Phi) is 8.23. The van der Waals surface area contributed by atoms with Gasteiger partial charge in [0.15, 0.2) is 0 Å². The zero-order valence-corrected chi connectivity index (χ0v) is 18.7. The van der Waals surface area contributed by atoms with Crippen LogP contribution in [0.2, 0.25) is 0 Å². The van der Waals surface area contributed by atoms with E-state index in [0.717, 1.165) is 12.3 Å². The van der Waals surface area contributed by atoms with Gasteiger partial charge in [0.2, 0.25) is 0 Å². The molecule has 0 aromatic rings. The van der Waals surface area contributed by atoms with E-state index in [0.29, 0.717) is 10.8 Å². The van der Waals surface area contributed by atoms with Gasteiger partial charge in [-0.05, 0) is 82.5 Å². The van der Waals surface area contributed by atoms with Crippen LogP contribution in [0.4, 0.5) is 0 Å². The van der Waals surface area contributed by atoms with Gasteiger partial charge in [0.05, 0.1) is 0 Å². The summed E-state index contributed by atoms with van der Waals surface area (Å²) >= 11 is 0. The second kappa shape index (κ2) is 9.24. The highest BCUT2D eigenvalue weighted by atomic mass is 14.4. The van der Waals surface area contributed by atoms with Gasteiger partial charge >= 0.3 is 0 Å². The molecule has 0 saturated heterocycles. The molecule has 0 aromatic carbocycles. The van der Waals surface area contributed by atoms with Gasteiger partial charge in [-0.1, -0.05) is 76.0 Å². The van der Waals surface area contributed by atoms with Crippen LogP contribution in [0.1, 0.15) is 107 Å². The van der Waals surface area contributed by atoms with E-state index in [1.165, 1.54) is 44.1 Å². The normalized spacial score (nSPS) is 21.1. The standard InChI is InChI=1S/C25H44/c1-10-12-19(2)17-24(6,7)16-15-20(3)18-25(8,9)23-21(4)13-11-14-22(23)5/h12,15,21H,10-11,13-14,16-18H2,1-9H3/b19-12+,20-15+. The summed E-state index contributed by atoms with van der Waals surface area (Å²) in [4.78, 5) is 0. The van der Waals surface area contributed by atoms with E-state index in [9.17, 15) is 0 Å². The fourth-order valence-electron chi connectivity index (χ4n) is 5.18. The molecule has 0 bridgehead atoms. The maximum atomic E-state index is 2.52. The number of hydrogen-bond donors (Lipinski definition) is 0. The summed E-state index contributed by atoms with van der Waals surface area (Å²) in [6, 6.07) is 0. The van der Waals surface area contributed by atoms with Crippen LogP contribution in [-0.4, -0.2) is 0 Å². The minimum Gasteiger partial charge on any atom is -0.0859 e. The number of rotatable bonds is 8. The Morgan fingerprint density at radius 1 is 1.04 bits per heavy atom. The zero-order valence-electron chi connectivity index (χ0n) is 18.7. The van der Waals surface area contributed by atoms with Crippen LogP contribution < -0.4 is 0 Å². The minimum atomic E-state index is 0.298. The van der Waals surface area contributed by atoms with Crippen LogP contribution in [0.25, 0.3) is 0 Å². The van der Waals surface area contributed by atoms with E-state index in [1.54, 1.807) is 16.7 Å². The Bertz CT molecular complexity index is 522. The lowest BCUT2D eigenvalue weighted by atomic mass is 9.68. The molecule has 0 fully saturated rings. The summed E-state index contributed by atoms with van der Waals surface area (Å²) in [6.45, 7) is 21.4. The fraction of sp³-hybridized carbons (Fsp3) is 0.760. The first-order valence-corrected chi connectivity index (χ1v) is 10.5. The van der Waals surface area contributed by atoms with E-state index in [1.807, 2.05) is 0 Å². The van der Waals surface area contributed by atoms with Crippen molar-refractivity contribution >= 4 is 0 Å². The molecule has 0 amide bonds. The van der Waals surface area contributed by atoms with E-state index < -0.39 is 0 Å². The monoisotopic (exact) mass is 344 g/mol. The third kappa shape index (κ3) is 7.16. The SMILES string of the molecule is CC/C=C(\C)CC(C)(C)C/C=C(\C)CC(C)(C)C1=C(C)CCCC1C. The molecule has 0 saturated carbocycles. The van der Waals surface area contributed by atoms with Crippen molar-refractivity contribution in [2.75, 3.05) is 0 Å². The molecule has 0 aromatic heterocycles. The highest BCUT2D eigenvalue weighted by molar-refractivity contribution is 5.26. The van der Waals surface area contributed by atoms with Gasteiger partial charge in [-0.2, -0.15) is 0 Å². The topological polar surface area (TPSA) is 0 Å². The van der Waals surface area contributed by atoms with Crippen LogP contribution in [0.3, 0.4) is 0 Å². The van der Waals surface area contributed by atoms with Gasteiger partial charge in [0.1, 0.15) is 0 Å². The average molecular weight is 345 g/mol. The Balaban J connectivity index is 2.78. The van der Waals surface area contributed by atoms with Crippen molar-refractivity contribution in [3.63, 3.8) is 0 Å². The molecule has 25 heavy (non-hydrogen) atoms. The van der Waals surface area contributed by atoms with Crippen LogP contribution in [-0.2, 0) is 0 Å². The van der Waals surface area contributed by atoms with Crippen molar-refractivity contribution in [1.29, 1.82) is 0 Å². The quantitative estimate of drug-likeness (QED) is 0.386. The van der Waals surface area contributed by atoms with Gasteiger partial charge in [-0.25, -0.2) is 0 Å². The van der Waals surface area contributed by atoms with Crippen molar-refractivity contribution in [2.45, 2.75) is 107 Å². The molecule has 0 nitrogen and oxygen atoms in total. The number of hydrogen-bond acceptors (Lipinski definition) is 0. The molecule has 0 spiro atoms. The van der Waals surface area contributed by atoms with E-state index in [2.05, 4.69) is 74.5 Å². The molecule has 144 valence electrons. The smallest absolute Gasteiger partial charge is 0.0102 e. The third-order valence-corrected chi connectivity index (χ3v) is 5.90. The van der Waals surface area contributed by atoms with Crippen molar-refractivity contribution < 1.29 is 0 Å². The minimum absolute atomic E-state index is 0.298. The predicted octanol–water partition coefficient (Wildman–Crippen LogP) is 8.65. The Labute approximate surface area is 158 Å². The molecule has 1 aliphatic carbocycles. The van der Waals surface area contributed by atoms with Crippen molar-refractivity contribution in [2.24, 2.45) is 16.7 Å². The molecule has 1 aliphatic rings. The van der Waals surface area contributed by atoms with Gasteiger partial charge < -0.3 is 0 Å². The van der Waals surface area contributed by atoms with Crippen molar-refractivity contribution in [3.8, 4) is 0 Å². The van der Waals surface area contributed by atoms with Gasteiger partial charge in [-0.15, -0.1) is 0 Å². The van der Waals surface area contributed by atoms with E-state index in [4.69, 9.17) is 0 Å². The van der Waals surface area contributed by atoms with Crippen molar-refractivity contribution in [1.82, 2.24) is 0 Å². The highest BCUT2D eigenvalue weighted by Gasteiger charge is 2.31. The van der Waals surface area contributed by atoms with Gasteiger partial charge in [-0.3, -0.25) is 0 Å². The molecule has 0 aliphatic heterocycles. The molecule has 1 unspecified atom stereocenters. The Morgan fingerprint density at radius 3 is 2.20 bits per heavy atom. The third-order valence-electron chi connectivity index (χ3n) is 5.90. The summed E-state index contributed by atoms with van der Waals surface area (Å²) in [5.41, 5.74) is 7.16. The molecular formula is C25H44. The second-order valence-electron chi connectivity index (χ2n) is 10.1. The predicted molar refractivity (Wildman–Crippen MR) is 115 cm³/mol. The highest BCUT2D eigenvalue weighted by Crippen LogP contribution is 2.44. The molecular weight excluding hydrogens is 300 g/mol. The van der Waals surface area contributed by atoms with Crippen LogP contribution in [0.15, 0.2) is 34.4 Å². The summed E-state index contributed by atoms with van der Waals surface area (Å²) in [7, 11) is 0. The van der Waals surface area contributed by atoms with Crippen LogP contribution in [0, 0.1) is 16.7 Å². The molecule has 0 N–H and O–H groups in total. The molecule has 0 heteroatoms. The lowest BCUT2D eigenvalue weighted by Gasteiger charge is -2.37. The maximum absolute atomic E-state index is 2.52. The Morgan fingerprint density at radius 2 is 1.64 bits per heavy atom. The summed E-state index contributed by atoms with van der Waals surface area (Å²) in [5.74, 6) is 0.759. The number of allylic oxidation sites excluding steroid dienone is 6. The molecule has 1 atom stereocenters. The van der Waals surface area contributed by atoms with Crippen LogP contribution in [0.5, 0.6) is 0 Å². The lowest BCUT2D eigenvalue weighted by Crippen LogP contribution is -2.24. The largest absolute Gasteiger partial charge is 0.0859 e. The first-order valence-electron chi connectivity index (χ1n) is 10.5. The van der Waals surface area contributed by atoms with Crippen LogP contribution >= 0.6 is 0 Å². The molecule has 0 heterocycles. The summed E-state index contributed by atoms with van der Waals surface area (Å²) < 4.78 is 0. The first-order chi connectivity index (χ1) is 11.5. The van der Waals surface area contributed by atoms with Gasteiger partial charge in [0, 0.05) is 0 Å². The average Bonchev–Trinajstić information content (AvgIpc) is 2.44. The Hall–Kier alpha value is -0.780. The summed E-state index contributed by atoms with van der Waals surface area (Å²) in [5, 5.41) is 0.